The Morgan fingerprint density at radius 3 is 3.00 bits per heavy atom. The maximum atomic E-state index is 11.8. The molecule has 1 aromatic heterocycles. The summed E-state index contributed by atoms with van der Waals surface area (Å²) in [6, 6.07) is 6.81. The van der Waals surface area contributed by atoms with Crippen LogP contribution in [0.5, 0.6) is 5.75 Å². The van der Waals surface area contributed by atoms with Gasteiger partial charge in [-0.25, -0.2) is 0 Å². The second kappa shape index (κ2) is 4.92. The van der Waals surface area contributed by atoms with E-state index in [0.717, 1.165) is 0 Å². The highest BCUT2D eigenvalue weighted by Gasteiger charge is 2.16. The molecule has 0 atom stereocenters. The number of ether oxygens (including phenoxy) is 1. The molecule has 0 fully saturated rings. The van der Waals surface area contributed by atoms with E-state index >= 15 is 0 Å². The van der Waals surface area contributed by atoms with E-state index in [1.54, 1.807) is 18.2 Å². The molecule has 2 aromatic rings. The zero-order chi connectivity index (χ0) is 13.0. The number of nitrogens with one attached hydrogen (secondary N) is 2. The van der Waals surface area contributed by atoms with Gasteiger partial charge in [-0.05, 0) is 17.3 Å². The first kappa shape index (κ1) is 11.5. The smallest absolute Gasteiger partial charge is 0.297 e. The van der Waals surface area contributed by atoms with Crippen molar-refractivity contribution in [3.63, 3.8) is 0 Å². The molecule has 90 valence electrons. The van der Waals surface area contributed by atoms with Crippen LogP contribution in [0.2, 0.25) is 0 Å². The van der Waals surface area contributed by atoms with Crippen molar-refractivity contribution in [2.45, 2.75) is 0 Å². The van der Waals surface area contributed by atoms with Crippen molar-refractivity contribution in [2.24, 2.45) is 0 Å². The monoisotopic (exact) mass is 244 g/mol. The van der Waals surface area contributed by atoms with E-state index in [2.05, 4.69) is 25.9 Å². The largest absolute Gasteiger partial charge is 0.495 e. The highest BCUT2D eigenvalue weighted by Crippen LogP contribution is 2.27. The number of carbonyl (C=O) groups is 1. The average Bonchev–Trinajstić information content (AvgIpc) is 2.93. The number of nitrogens with zero attached hydrogens (tertiary/aromatic N) is 4. The predicted molar refractivity (Wildman–Crippen MR) is 59.8 cm³/mol. The minimum absolute atomic E-state index is 0.121. The molecule has 0 spiro atoms. The molecule has 0 aliphatic heterocycles. The van der Waals surface area contributed by atoms with E-state index in [-0.39, 0.29) is 17.1 Å². The fraction of sp³-hybridized carbons (Fsp3) is 0.100. The van der Waals surface area contributed by atoms with Crippen molar-refractivity contribution in [3.8, 4) is 11.8 Å². The average molecular weight is 244 g/mol. The van der Waals surface area contributed by atoms with Crippen LogP contribution in [-0.2, 0) is 0 Å². The molecule has 0 saturated carbocycles. The Labute approximate surface area is 102 Å². The van der Waals surface area contributed by atoms with E-state index < -0.39 is 5.91 Å². The highest BCUT2D eigenvalue weighted by atomic mass is 16.5. The molecule has 1 heterocycles. The molecule has 2 N–H and O–H groups in total. The van der Waals surface area contributed by atoms with E-state index in [4.69, 9.17) is 10.00 Å². The van der Waals surface area contributed by atoms with Gasteiger partial charge < -0.3 is 10.1 Å². The summed E-state index contributed by atoms with van der Waals surface area (Å²) < 4.78 is 5.08. The third-order valence-corrected chi connectivity index (χ3v) is 2.15. The van der Waals surface area contributed by atoms with Gasteiger partial charge in [-0.15, -0.1) is 10.2 Å². The SMILES string of the molecule is COc1cccc(C#N)c1NC(=O)c1nn[nH]n1. The lowest BCUT2D eigenvalue weighted by atomic mass is 10.1. The Balaban J connectivity index is 2.34. The number of aromatic amines is 1. The number of carbonyl (C=O) groups excluding carboxylic acids is 1. The van der Waals surface area contributed by atoms with Crippen LogP contribution >= 0.6 is 0 Å². The van der Waals surface area contributed by atoms with Crippen LogP contribution in [0.25, 0.3) is 0 Å². The van der Waals surface area contributed by atoms with Crippen LogP contribution in [0.15, 0.2) is 18.2 Å². The van der Waals surface area contributed by atoms with Crippen LogP contribution < -0.4 is 10.1 Å². The molecule has 0 saturated heterocycles. The Hall–Kier alpha value is -2.95. The van der Waals surface area contributed by atoms with E-state index in [0.29, 0.717) is 5.75 Å². The maximum absolute atomic E-state index is 11.8. The third kappa shape index (κ3) is 2.10. The molecule has 0 unspecified atom stereocenters. The number of rotatable bonds is 3. The second-order valence-electron chi connectivity index (χ2n) is 3.18. The van der Waals surface area contributed by atoms with Gasteiger partial charge in [-0.2, -0.15) is 10.5 Å². The van der Waals surface area contributed by atoms with Gasteiger partial charge in [0.25, 0.3) is 11.7 Å². The molecule has 8 nitrogen and oxygen atoms in total. The summed E-state index contributed by atoms with van der Waals surface area (Å²) >= 11 is 0. The summed E-state index contributed by atoms with van der Waals surface area (Å²) in [5, 5.41) is 24.0. The van der Waals surface area contributed by atoms with Gasteiger partial charge >= 0.3 is 0 Å². The normalized spacial score (nSPS) is 9.56. The van der Waals surface area contributed by atoms with Crippen LogP contribution in [0, 0.1) is 11.3 Å². The number of tetrazole rings is 1. The Morgan fingerprint density at radius 2 is 2.39 bits per heavy atom. The van der Waals surface area contributed by atoms with Crippen molar-refractivity contribution in [1.82, 2.24) is 20.6 Å². The number of benzene rings is 1. The first-order chi connectivity index (χ1) is 8.76. The first-order valence-electron chi connectivity index (χ1n) is 4.88. The Morgan fingerprint density at radius 1 is 1.56 bits per heavy atom. The van der Waals surface area contributed by atoms with Gasteiger partial charge in [0, 0.05) is 0 Å². The summed E-state index contributed by atoms with van der Waals surface area (Å²) in [6.07, 6.45) is 0. The number of anilines is 1. The van der Waals surface area contributed by atoms with Crippen molar-refractivity contribution in [1.29, 1.82) is 5.26 Å². The van der Waals surface area contributed by atoms with Crippen LogP contribution in [0.4, 0.5) is 5.69 Å². The van der Waals surface area contributed by atoms with Crippen molar-refractivity contribution < 1.29 is 9.53 Å². The molecule has 8 heteroatoms. The molecule has 0 radical (unpaired) electrons. The van der Waals surface area contributed by atoms with Crippen molar-refractivity contribution >= 4 is 11.6 Å². The minimum Gasteiger partial charge on any atom is -0.495 e. The van der Waals surface area contributed by atoms with E-state index in [1.165, 1.54) is 7.11 Å². The maximum Gasteiger partial charge on any atom is 0.297 e. The topological polar surface area (TPSA) is 117 Å². The highest BCUT2D eigenvalue weighted by molar-refractivity contribution is 6.03. The number of amides is 1. The quantitative estimate of drug-likeness (QED) is 0.803. The number of aromatic nitrogens is 4. The van der Waals surface area contributed by atoms with Gasteiger partial charge in [0.15, 0.2) is 0 Å². The van der Waals surface area contributed by atoms with Gasteiger partial charge in [0.1, 0.15) is 17.5 Å². The lowest BCUT2D eigenvalue weighted by Crippen LogP contribution is -2.15. The first-order valence-corrected chi connectivity index (χ1v) is 4.88. The number of para-hydroxylation sites is 1. The van der Waals surface area contributed by atoms with Gasteiger partial charge in [0.2, 0.25) is 0 Å². The van der Waals surface area contributed by atoms with Crippen molar-refractivity contribution in [3.05, 3.63) is 29.6 Å². The number of hydrogen-bond donors (Lipinski definition) is 2. The fourth-order valence-corrected chi connectivity index (χ4v) is 1.35. The molecule has 0 aliphatic carbocycles. The lowest BCUT2D eigenvalue weighted by Gasteiger charge is -2.09. The summed E-state index contributed by atoms with van der Waals surface area (Å²) in [7, 11) is 1.44. The second-order valence-corrected chi connectivity index (χ2v) is 3.18. The summed E-state index contributed by atoms with van der Waals surface area (Å²) in [5.41, 5.74) is 0.559. The van der Waals surface area contributed by atoms with Crippen molar-refractivity contribution in [2.75, 3.05) is 12.4 Å². The number of nitriles is 1. The van der Waals surface area contributed by atoms with Crippen LogP contribution in [0.3, 0.4) is 0 Å². The van der Waals surface area contributed by atoms with Crippen LogP contribution in [0.1, 0.15) is 16.2 Å². The number of methoxy groups -OCH3 is 1. The zero-order valence-corrected chi connectivity index (χ0v) is 9.34. The number of hydrogen-bond acceptors (Lipinski definition) is 6. The standard InChI is InChI=1S/C10H8N6O2/c1-18-7-4-2-3-6(5-11)8(7)12-10(17)9-13-15-16-14-9/h2-4H,1H3,(H,12,17)(H,13,14,15,16). The van der Waals surface area contributed by atoms with Gasteiger partial charge in [0.05, 0.1) is 12.7 Å². The van der Waals surface area contributed by atoms with Gasteiger partial charge in [-0.3, -0.25) is 4.79 Å². The Bertz CT molecular complexity index is 601. The van der Waals surface area contributed by atoms with E-state index in [1.807, 2.05) is 6.07 Å². The summed E-state index contributed by atoms with van der Waals surface area (Å²) in [5.74, 6) is -0.319. The van der Waals surface area contributed by atoms with E-state index in [9.17, 15) is 4.79 Å². The molecule has 0 bridgehead atoms. The summed E-state index contributed by atoms with van der Waals surface area (Å²) in [4.78, 5) is 11.8. The Kier molecular flexibility index (Phi) is 3.15. The lowest BCUT2D eigenvalue weighted by molar-refractivity contribution is 0.101. The molecular weight excluding hydrogens is 236 g/mol. The summed E-state index contributed by atoms with van der Waals surface area (Å²) in [6.45, 7) is 0. The molecule has 1 aromatic carbocycles. The third-order valence-electron chi connectivity index (χ3n) is 2.15. The minimum atomic E-state index is -0.579. The fourth-order valence-electron chi connectivity index (χ4n) is 1.35. The molecule has 18 heavy (non-hydrogen) atoms. The molecule has 2 rings (SSSR count). The zero-order valence-electron chi connectivity index (χ0n) is 9.34. The molecule has 1 amide bonds. The predicted octanol–water partition coefficient (Wildman–Crippen LogP) is 0.332. The number of H-pyrrole nitrogens is 1. The van der Waals surface area contributed by atoms with Crippen LogP contribution in [-0.4, -0.2) is 33.6 Å². The molecule has 0 aliphatic rings. The van der Waals surface area contributed by atoms with Gasteiger partial charge in [-0.1, -0.05) is 6.07 Å². The molecular formula is C10H8N6O2.